The first-order valence-electron chi connectivity index (χ1n) is 3.54. The van der Waals surface area contributed by atoms with E-state index in [0.29, 0.717) is 6.42 Å². The molecule has 0 aromatic carbocycles. The molecule has 1 aliphatic carbocycles. The Hall–Kier alpha value is -0.570. The van der Waals surface area contributed by atoms with E-state index in [4.69, 9.17) is 0 Å². The molecule has 0 spiro atoms. The van der Waals surface area contributed by atoms with Crippen molar-refractivity contribution in [2.24, 2.45) is 0 Å². The fourth-order valence-corrected chi connectivity index (χ4v) is 1.84. The summed E-state index contributed by atoms with van der Waals surface area (Å²) in [7, 11) is -2.88. The molecule has 0 bridgehead atoms. The third-order valence-electron chi connectivity index (χ3n) is 1.80. The molecule has 0 aromatic rings. The molecule has 62 valence electrons. The van der Waals surface area contributed by atoms with Crippen molar-refractivity contribution in [3.8, 4) is 0 Å². The van der Waals surface area contributed by atoms with Crippen molar-refractivity contribution in [1.82, 2.24) is 0 Å². The van der Waals surface area contributed by atoms with Gasteiger partial charge in [-0.25, -0.2) is 8.42 Å². The monoisotopic (exact) mass is 172 g/mol. The molecule has 0 heterocycles. The number of allylic oxidation sites excluding steroid dienone is 3. The molecular weight excluding hydrogens is 160 g/mol. The average Bonchev–Trinajstić information content (AvgIpc) is 1.86. The van der Waals surface area contributed by atoms with E-state index in [9.17, 15) is 8.42 Å². The van der Waals surface area contributed by atoms with Gasteiger partial charge in [-0.05, 0) is 13.3 Å². The van der Waals surface area contributed by atoms with Gasteiger partial charge in [0.2, 0.25) is 0 Å². The first-order chi connectivity index (χ1) is 5.00. The van der Waals surface area contributed by atoms with E-state index in [1.807, 2.05) is 19.1 Å². The highest BCUT2D eigenvalue weighted by Gasteiger charge is 2.17. The third kappa shape index (κ3) is 2.19. The Morgan fingerprint density at radius 1 is 1.55 bits per heavy atom. The predicted octanol–water partition coefficient (Wildman–Crippen LogP) is 1.31. The Morgan fingerprint density at radius 3 is 2.55 bits per heavy atom. The largest absolute Gasteiger partial charge is 0.229 e. The molecule has 2 nitrogen and oxygen atoms in total. The van der Waals surface area contributed by atoms with Crippen LogP contribution in [0.5, 0.6) is 0 Å². The topological polar surface area (TPSA) is 34.1 Å². The highest BCUT2D eigenvalue weighted by Crippen LogP contribution is 2.15. The zero-order valence-corrected chi connectivity index (χ0v) is 7.56. The lowest BCUT2D eigenvalue weighted by Gasteiger charge is -2.11. The maximum Gasteiger partial charge on any atom is 0.154 e. The Labute approximate surface area is 67.5 Å². The molecule has 1 rings (SSSR count). The van der Waals surface area contributed by atoms with Crippen LogP contribution in [-0.4, -0.2) is 19.9 Å². The molecule has 0 fully saturated rings. The predicted molar refractivity (Wildman–Crippen MR) is 46.1 cm³/mol. The van der Waals surface area contributed by atoms with Crippen LogP contribution >= 0.6 is 0 Å². The molecule has 1 atom stereocenters. The van der Waals surface area contributed by atoms with Crippen LogP contribution in [-0.2, 0) is 9.84 Å². The molecule has 0 N–H and O–H groups in total. The molecule has 3 heteroatoms. The first-order valence-corrected chi connectivity index (χ1v) is 5.49. The number of hydrogen-bond acceptors (Lipinski definition) is 2. The molecule has 0 saturated heterocycles. The van der Waals surface area contributed by atoms with Gasteiger partial charge in [-0.15, -0.1) is 0 Å². The van der Waals surface area contributed by atoms with Gasteiger partial charge in [0, 0.05) is 6.26 Å². The molecule has 11 heavy (non-hydrogen) atoms. The van der Waals surface area contributed by atoms with E-state index in [1.165, 1.54) is 6.26 Å². The maximum absolute atomic E-state index is 11.0. The number of sulfone groups is 1. The zero-order chi connectivity index (χ0) is 8.48. The molecule has 0 aromatic heterocycles. The van der Waals surface area contributed by atoms with Crippen molar-refractivity contribution in [3.63, 3.8) is 0 Å². The van der Waals surface area contributed by atoms with E-state index in [-0.39, 0.29) is 5.25 Å². The molecule has 0 aliphatic heterocycles. The van der Waals surface area contributed by atoms with Gasteiger partial charge in [0.25, 0.3) is 0 Å². The van der Waals surface area contributed by atoms with Gasteiger partial charge < -0.3 is 0 Å². The van der Waals surface area contributed by atoms with Crippen LogP contribution in [0.3, 0.4) is 0 Å². The minimum atomic E-state index is -2.88. The zero-order valence-electron chi connectivity index (χ0n) is 6.74. The quantitative estimate of drug-likeness (QED) is 0.597. The van der Waals surface area contributed by atoms with E-state index < -0.39 is 9.84 Å². The highest BCUT2D eigenvalue weighted by atomic mass is 32.2. The summed E-state index contributed by atoms with van der Waals surface area (Å²) in [5.41, 5.74) is 1.14. The van der Waals surface area contributed by atoms with Crippen molar-refractivity contribution < 1.29 is 8.42 Å². The second kappa shape index (κ2) is 2.81. The Kier molecular flexibility index (Phi) is 2.18. The summed E-state index contributed by atoms with van der Waals surface area (Å²) in [4.78, 5) is 0. The normalized spacial score (nSPS) is 24.9. The van der Waals surface area contributed by atoms with Crippen LogP contribution in [0, 0.1) is 0 Å². The Morgan fingerprint density at radius 2 is 2.18 bits per heavy atom. The SMILES string of the molecule is CC1=CCC(S(C)(=O)=O)C=C1. The van der Waals surface area contributed by atoms with Crippen molar-refractivity contribution in [2.45, 2.75) is 18.6 Å². The van der Waals surface area contributed by atoms with Crippen LogP contribution in [0.4, 0.5) is 0 Å². The fraction of sp³-hybridized carbons (Fsp3) is 0.500. The van der Waals surface area contributed by atoms with Crippen LogP contribution in [0.1, 0.15) is 13.3 Å². The van der Waals surface area contributed by atoms with Crippen molar-refractivity contribution >= 4 is 9.84 Å². The fourth-order valence-electron chi connectivity index (χ4n) is 1.03. The van der Waals surface area contributed by atoms with Gasteiger partial charge in [0.05, 0.1) is 5.25 Å². The minimum absolute atomic E-state index is 0.300. The van der Waals surface area contributed by atoms with Crippen LogP contribution in [0.25, 0.3) is 0 Å². The minimum Gasteiger partial charge on any atom is -0.229 e. The number of hydrogen-bond donors (Lipinski definition) is 0. The molecule has 0 saturated carbocycles. The Bertz CT molecular complexity index is 296. The van der Waals surface area contributed by atoms with Crippen molar-refractivity contribution in [3.05, 3.63) is 23.8 Å². The third-order valence-corrected chi connectivity index (χ3v) is 3.25. The van der Waals surface area contributed by atoms with Crippen molar-refractivity contribution in [2.75, 3.05) is 6.26 Å². The lowest BCUT2D eigenvalue weighted by atomic mass is 10.1. The second-order valence-electron chi connectivity index (χ2n) is 2.91. The molecule has 1 aliphatic rings. The van der Waals surface area contributed by atoms with Crippen molar-refractivity contribution in [1.29, 1.82) is 0 Å². The molecule has 0 radical (unpaired) electrons. The van der Waals surface area contributed by atoms with E-state index in [2.05, 4.69) is 0 Å². The van der Waals surface area contributed by atoms with Crippen LogP contribution < -0.4 is 0 Å². The number of rotatable bonds is 1. The summed E-state index contributed by atoms with van der Waals surface area (Å²) in [6.45, 7) is 1.97. The average molecular weight is 172 g/mol. The van der Waals surface area contributed by atoms with Gasteiger partial charge in [-0.3, -0.25) is 0 Å². The summed E-state index contributed by atoms with van der Waals surface area (Å²) in [6.07, 6.45) is 7.46. The summed E-state index contributed by atoms with van der Waals surface area (Å²) in [5.74, 6) is 0. The highest BCUT2D eigenvalue weighted by molar-refractivity contribution is 7.91. The van der Waals surface area contributed by atoms with Gasteiger partial charge in [-0.1, -0.05) is 23.8 Å². The smallest absolute Gasteiger partial charge is 0.154 e. The first kappa shape index (κ1) is 8.53. The Balaban J connectivity index is 2.79. The summed E-state index contributed by atoms with van der Waals surface area (Å²) in [5, 5.41) is -0.300. The van der Waals surface area contributed by atoms with Crippen LogP contribution in [0.15, 0.2) is 23.8 Å². The standard InChI is InChI=1S/C8H12O2S/c1-7-3-5-8(6-4-7)11(2,9)10/h3-5,8H,6H2,1-2H3. The lowest BCUT2D eigenvalue weighted by Crippen LogP contribution is -2.17. The molecule has 0 amide bonds. The summed E-state index contributed by atoms with van der Waals surface area (Å²) >= 11 is 0. The van der Waals surface area contributed by atoms with Gasteiger partial charge >= 0.3 is 0 Å². The van der Waals surface area contributed by atoms with Crippen LogP contribution in [0.2, 0.25) is 0 Å². The molecular formula is C8H12O2S. The van der Waals surface area contributed by atoms with E-state index >= 15 is 0 Å². The summed E-state index contributed by atoms with van der Waals surface area (Å²) < 4.78 is 22.0. The van der Waals surface area contributed by atoms with E-state index in [1.54, 1.807) is 6.08 Å². The lowest BCUT2D eigenvalue weighted by molar-refractivity contribution is 0.594. The second-order valence-corrected chi connectivity index (χ2v) is 5.18. The van der Waals surface area contributed by atoms with Gasteiger partial charge in [0.1, 0.15) is 0 Å². The van der Waals surface area contributed by atoms with Gasteiger partial charge in [-0.2, -0.15) is 0 Å². The van der Waals surface area contributed by atoms with E-state index in [0.717, 1.165) is 5.57 Å². The van der Waals surface area contributed by atoms with Gasteiger partial charge in [0.15, 0.2) is 9.84 Å². The summed E-state index contributed by atoms with van der Waals surface area (Å²) in [6, 6.07) is 0. The maximum atomic E-state index is 11.0. The molecule has 1 unspecified atom stereocenters.